The average Bonchev–Trinajstić information content (AvgIpc) is 2.66. The summed E-state index contributed by atoms with van der Waals surface area (Å²) in [5, 5.41) is 9.04. The first-order valence-corrected chi connectivity index (χ1v) is 9.86. The monoisotopic (exact) mass is 389 g/mol. The van der Waals surface area contributed by atoms with E-state index < -0.39 is 17.6 Å². The topological polar surface area (TPSA) is 40.5 Å². The van der Waals surface area contributed by atoms with Crippen LogP contribution in [0, 0.1) is 18.6 Å². The summed E-state index contributed by atoms with van der Waals surface area (Å²) in [7, 11) is 0. The van der Waals surface area contributed by atoms with Crippen molar-refractivity contribution < 1.29 is 18.7 Å². The molecule has 2 aromatic carbocycles. The smallest absolute Gasteiger partial charge is 0.304 e. The van der Waals surface area contributed by atoms with Crippen molar-refractivity contribution in [3.8, 4) is 0 Å². The zero-order valence-corrected chi connectivity index (χ0v) is 16.7. The Morgan fingerprint density at radius 3 is 2.54 bits per heavy atom. The van der Waals surface area contributed by atoms with Crippen molar-refractivity contribution in [3.05, 3.63) is 70.3 Å². The van der Waals surface area contributed by atoms with Gasteiger partial charge in [-0.05, 0) is 42.5 Å². The van der Waals surface area contributed by atoms with Crippen LogP contribution in [0.15, 0.2) is 36.4 Å². The van der Waals surface area contributed by atoms with Crippen molar-refractivity contribution in [3.63, 3.8) is 0 Å². The molecule has 0 bridgehead atoms. The molecule has 0 spiro atoms. The molecule has 0 aliphatic heterocycles. The molecule has 0 unspecified atom stereocenters. The number of rotatable bonds is 11. The van der Waals surface area contributed by atoms with Gasteiger partial charge in [0.05, 0.1) is 6.42 Å². The number of benzene rings is 2. The number of aryl methyl sites for hydroxylation is 2. The maximum absolute atomic E-state index is 14.4. The second kappa shape index (κ2) is 10.9. The van der Waals surface area contributed by atoms with Gasteiger partial charge in [0.15, 0.2) is 0 Å². The molecule has 152 valence electrons. The lowest BCUT2D eigenvalue weighted by Crippen LogP contribution is -2.27. The first kappa shape index (κ1) is 22.0. The molecule has 0 saturated heterocycles. The number of hydrogen-bond donors (Lipinski definition) is 1. The molecule has 0 atom stereocenters. The van der Waals surface area contributed by atoms with Crippen LogP contribution in [0.25, 0.3) is 0 Å². The third-order valence-electron chi connectivity index (χ3n) is 4.87. The van der Waals surface area contributed by atoms with E-state index in [2.05, 4.69) is 19.1 Å². The molecule has 0 radical (unpaired) electrons. The van der Waals surface area contributed by atoms with Gasteiger partial charge in [-0.2, -0.15) is 0 Å². The molecule has 0 heterocycles. The van der Waals surface area contributed by atoms with Crippen LogP contribution in [0.4, 0.5) is 8.78 Å². The Labute approximate surface area is 166 Å². The molecule has 0 aliphatic carbocycles. The van der Waals surface area contributed by atoms with Crippen LogP contribution in [-0.4, -0.2) is 22.5 Å². The van der Waals surface area contributed by atoms with Crippen molar-refractivity contribution in [2.24, 2.45) is 0 Å². The fourth-order valence-corrected chi connectivity index (χ4v) is 3.27. The lowest BCUT2D eigenvalue weighted by Gasteiger charge is -2.23. The number of carboxylic acid groups (broad SMARTS) is 1. The van der Waals surface area contributed by atoms with Crippen molar-refractivity contribution in [2.45, 2.75) is 59.0 Å². The van der Waals surface area contributed by atoms with Gasteiger partial charge in [0.1, 0.15) is 11.6 Å². The van der Waals surface area contributed by atoms with Crippen LogP contribution in [-0.2, 0) is 24.3 Å². The Hall–Kier alpha value is -2.27. The van der Waals surface area contributed by atoms with Gasteiger partial charge in [-0.3, -0.25) is 9.69 Å². The van der Waals surface area contributed by atoms with E-state index in [1.165, 1.54) is 24.1 Å². The van der Waals surface area contributed by atoms with E-state index in [1.54, 1.807) is 11.8 Å². The highest BCUT2D eigenvalue weighted by atomic mass is 19.1. The minimum absolute atomic E-state index is 0.00973. The number of carbonyl (C=O) groups is 1. The fraction of sp³-hybridized carbons (Fsp3) is 0.435. The largest absolute Gasteiger partial charge is 0.481 e. The summed E-state index contributed by atoms with van der Waals surface area (Å²) >= 11 is 0. The van der Waals surface area contributed by atoms with Crippen LogP contribution in [0.5, 0.6) is 0 Å². The van der Waals surface area contributed by atoms with Gasteiger partial charge in [0.25, 0.3) is 0 Å². The summed E-state index contributed by atoms with van der Waals surface area (Å²) in [5.74, 6) is -2.09. The van der Waals surface area contributed by atoms with Crippen molar-refractivity contribution in [1.29, 1.82) is 0 Å². The van der Waals surface area contributed by atoms with Crippen LogP contribution < -0.4 is 0 Å². The van der Waals surface area contributed by atoms with E-state index in [-0.39, 0.29) is 25.1 Å². The summed E-state index contributed by atoms with van der Waals surface area (Å²) in [5.41, 5.74) is 2.63. The maximum Gasteiger partial charge on any atom is 0.304 e. The lowest BCUT2D eigenvalue weighted by atomic mass is 10.0. The second-order valence-corrected chi connectivity index (χ2v) is 7.29. The predicted octanol–water partition coefficient (Wildman–Crippen LogP) is 5.48. The Kier molecular flexibility index (Phi) is 8.58. The third-order valence-corrected chi connectivity index (χ3v) is 4.87. The van der Waals surface area contributed by atoms with Crippen LogP contribution in [0.3, 0.4) is 0 Å². The zero-order valence-electron chi connectivity index (χ0n) is 16.7. The van der Waals surface area contributed by atoms with E-state index in [1.807, 2.05) is 12.1 Å². The van der Waals surface area contributed by atoms with Crippen LogP contribution >= 0.6 is 0 Å². The molecule has 1 N–H and O–H groups in total. The number of unbranched alkanes of at least 4 members (excludes halogenated alkanes) is 2. The molecule has 0 aliphatic rings. The SMILES string of the molecule is CCCCCc1cccc(CN(CCC(=O)O)Cc2c(F)ccc(C)c2F)c1. The minimum Gasteiger partial charge on any atom is -0.481 e. The first-order chi connectivity index (χ1) is 13.4. The molecule has 3 nitrogen and oxygen atoms in total. The number of halogens is 2. The van der Waals surface area contributed by atoms with Crippen molar-refractivity contribution >= 4 is 5.97 Å². The molecular weight excluding hydrogens is 360 g/mol. The molecule has 28 heavy (non-hydrogen) atoms. The van der Waals surface area contributed by atoms with Crippen molar-refractivity contribution in [2.75, 3.05) is 6.54 Å². The number of aliphatic carboxylic acids is 1. The highest BCUT2D eigenvalue weighted by Gasteiger charge is 2.17. The van der Waals surface area contributed by atoms with Gasteiger partial charge in [0.2, 0.25) is 0 Å². The van der Waals surface area contributed by atoms with Gasteiger partial charge in [0, 0.05) is 25.2 Å². The fourth-order valence-electron chi connectivity index (χ4n) is 3.27. The molecule has 5 heteroatoms. The highest BCUT2D eigenvalue weighted by Crippen LogP contribution is 2.20. The predicted molar refractivity (Wildman–Crippen MR) is 107 cm³/mol. The van der Waals surface area contributed by atoms with E-state index in [9.17, 15) is 13.6 Å². The Morgan fingerprint density at radius 1 is 1.07 bits per heavy atom. The quantitative estimate of drug-likeness (QED) is 0.517. The summed E-state index contributed by atoms with van der Waals surface area (Å²) in [6.45, 7) is 4.47. The molecule has 2 aromatic rings. The lowest BCUT2D eigenvalue weighted by molar-refractivity contribution is -0.137. The summed E-state index contributed by atoms with van der Waals surface area (Å²) < 4.78 is 28.6. The highest BCUT2D eigenvalue weighted by molar-refractivity contribution is 5.66. The van der Waals surface area contributed by atoms with Gasteiger partial charge in [-0.1, -0.05) is 50.1 Å². The second-order valence-electron chi connectivity index (χ2n) is 7.29. The molecular formula is C23H29F2NO2. The van der Waals surface area contributed by atoms with Crippen LogP contribution in [0.2, 0.25) is 0 Å². The normalized spacial score (nSPS) is 11.2. The van der Waals surface area contributed by atoms with Crippen LogP contribution in [0.1, 0.15) is 54.9 Å². The average molecular weight is 389 g/mol. The van der Waals surface area contributed by atoms with Gasteiger partial charge in [-0.25, -0.2) is 8.78 Å². The van der Waals surface area contributed by atoms with E-state index in [0.29, 0.717) is 12.1 Å². The summed E-state index contributed by atoms with van der Waals surface area (Å²) in [6, 6.07) is 10.8. The number of carboxylic acids is 1. The molecule has 0 aromatic heterocycles. The Balaban J connectivity index is 2.16. The molecule has 0 saturated carbocycles. The maximum atomic E-state index is 14.4. The minimum atomic E-state index is -0.927. The van der Waals surface area contributed by atoms with Gasteiger partial charge >= 0.3 is 5.97 Å². The zero-order chi connectivity index (χ0) is 20.5. The Bertz CT molecular complexity index is 792. The summed E-state index contributed by atoms with van der Waals surface area (Å²) in [6.07, 6.45) is 4.39. The van der Waals surface area contributed by atoms with E-state index in [4.69, 9.17) is 5.11 Å². The number of hydrogen-bond acceptors (Lipinski definition) is 2. The standard InChI is InChI=1S/C23H29F2NO2/c1-3-4-5-7-18-8-6-9-19(14-18)15-26(13-12-22(27)28)16-20-21(24)11-10-17(2)23(20)25/h6,8-11,14H,3-5,7,12-13,15-16H2,1-2H3,(H,27,28). The molecule has 0 fully saturated rings. The molecule has 2 rings (SSSR count). The third kappa shape index (κ3) is 6.71. The number of nitrogens with zero attached hydrogens (tertiary/aromatic N) is 1. The Morgan fingerprint density at radius 2 is 1.82 bits per heavy atom. The summed E-state index contributed by atoms with van der Waals surface area (Å²) in [4.78, 5) is 12.8. The first-order valence-electron chi connectivity index (χ1n) is 9.86. The van der Waals surface area contributed by atoms with E-state index in [0.717, 1.165) is 24.8 Å². The van der Waals surface area contributed by atoms with E-state index >= 15 is 0 Å². The van der Waals surface area contributed by atoms with Gasteiger partial charge in [-0.15, -0.1) is 0 Å². The van der Waals surface area contributed by atoms with Gasteiger partial charge < -0.3 is 5.11 Å². The van der Waals surface area contributed by atoms with Crippen molar-refractivity contribution in [1.82, 2.24) is 4.90 Å². The molecule has 0 amide bonds.